The Morgan fingerprint density at radius 2 is 1.74 bits per heavy atom. The number of aliphatic carboxylic acids is 1. The first-order valence-electron chi connectivity index (χ1n) is 12.3. The number of anilines is 1. The molecule has 3 aromatic carbocycles. The summed E-state index contributed by atoms with van der Waals surface area (Å²) in [6, 6.07) is 20.1. The molecule has 1 aromatic heterocycles. The molecule has 8 heteroatoms. The molecular formula is C30H31NO6S. The van der Waals surface area contributed by atoms with E-state index in [4.69, 9.17) is 14.3 Å². The second-order valence-electron chi connectivity index (χ2n) is 9.61. The van der Waals surface area contributed by atoms with Crippen LogP contribution in [-0.2, 0) is 21.4 Å². The molecule has 0 saturated heterocycles. The summed E-state index contributed by atoms with van der Waals surface area (Å²) in [5.74, 6) is -0.0241. The van der Waals surface area contributed by atoms with Gasteiger partial charge in [0.2, 0.25) is 5.09 Å². The number of hydrogen-bond donors (Lipinski definition) is 1. The molecule has 1 N–H and O–H groups in total. The zero-order valence-corrected chi connectivity index (χ0v) is 22.7. The van der Waals surface area contributed by atoms with Gasteiger partial charge in [0.15, 0.2) is 0 Å². The molecule has 38 heavy (non-hydrogen) atoms. The molecule has 0 bridgehead atoms. The minimum atomic E-state index is -4.00. The van der Waals surface area contributed by atoms with Crippen LogP contribution in [0.4, 0.5) is 5.69 Å². The van der Waals surface area contributed by atoms with Crippen LogP contribution >= 0.6 is 0 Å². The Morgan fingerprint density at radius 3 is 2.34 bits per heavy atom. The number of sulfonamides is 1. The van der Waals surface area contributed by atoms with E-state index in [0.29, 0.717) is 17.2 Å². The number of nitrogens with zero attached hydrogens (tertiary/aromatic N) is 1. The molecular weight excluding hydrogens is 502 g/mol. The molecule has 1 heterocycles. The molecule has 0 aliphatic heterocycles. The Morgan fingerprint density at radius 1 is 1.03 bits per heavy atom. The fourth-order valence-electron chi connectivity index (χ4n) is 4.14. The van der Waals surface area contributed by atoms with E-state index < -0.39 is 16.0 Å². The van der Waals surface area contributed by atoms with Crippen LogP contribution in [0.5, 0.6) is 5.75 Å². The van der Waals surface area contributed by atoms with Crippen LogP contribution in [-0.4, -0.2) is 26.0 Å². The van der Waals surface area contributed by atoms with Crippen molar-refractivity contribution >= 4 is 38.5 Å². The maximum Gasteiger partial charge on any atom is 0.328 e. The number of aryl methyl sites for hydroxylation is 2. The Bertz CT molecular complexity index is 1600. The predicted molar refractivity (Wildman–Crippen MR) is 149 cm³/mol. The van der Waals surface area contributed by atoms with Crippen molar-refractivity contribution in [2.24, 2.45) is 5.92 Å². The molecule has 4 aromatic rings. The fourth-order valence-corrected chi connectivity index (χ4v) is 5.73. The molecule has 0 unspecified atom stereocenters. The summed E-state index contributed by atoms with van der Waals surface area (Å²) >= 11 is 0. The third-order valence-electron chi connectivity index (χ3n) is 6.06. The second-order valence-corrected chi connectivity index (χ2v) is 11.4. The van der Waals surface area contributed by atoms with Crippen LogP contribution in [0.3, 0.4) is 0 Å². The van der Waals surface area contributed by atoms with Crippen LogP contribution in [0.15, 0.2) is 82.3 Å². The molecule has 198 valence electrons. The Labute approximate surface area is 223 Å². The van der Waals surface area contributed by atoms with Crippen molar-refractivity contribution in [2.75, 3.05) is 10.8 Å². The van der Waals surface area contributed by atoms with Crippen LogP contribution in [0.25, 0.3) is 16.8 Å². The molecule has 0 amide bonds. The topological polar surface area (TPSA) is 97.0 Å². The Hall–Kier alpha value is -4.04. The van der Waals surface area contributed by atoms with Gasteiger partial charge in [0.05, 0.1) is 5.69 Å². The lowest BCUT2D eigenvalue weighted by Crippen LogP contribution is -2.34. The first-order chi connectivity index (χ1) is 18.0. The third-order valence-corrected chi connectivity index (χ3v) is 7.71. The standard InChI is InChI=1S/C30H31NO6S/c1-20(2)18-31(38(34,35)30-14-9-22(4)37-30)27-16-24-7-5-6-8-25(24)17-28(27)36-19-26-12-10-23(15-21(26)3)11-13-29(32)33/h5-17,20H,18-19H2,1-4H3,(H,32,33). The number of carbonyl (C=O) groups is 1. The SMILES string of the molecule is Cc1ccc(S(=O)(=O)N(CC(C)C)c2cc3ccccc3cc2OCc2ccc(C=CC(=O)O)cc2C)o1. The first-order valence-corrected chi connectivity index (χ1v) is 13.7. The van der Waals surface area contributed by atoms with Gasteiger partial charge in [0.25, 0.3) is 10.0 Å². The summed E-state index contributed by atoms with van der Waals surface area (Å²) in [5, 5.41) is 10.6. The van der Waals surface area contributed by atoms with Crippen LogP contribution in [0, 0.1) is 19.8 Å². The van der Waals surface area contributed by atoms with Gasteiger partial charge in [-0.25, -0.2) is 4.79 Å². The summed E-state index contributed by atoms with van der Waals surface area (Å²) in [5.41, 5.74) is 3.03. The van der Waals surface area contributed by atoms with Crippen molar-refractivity contribution in [1.82, 2.24) is 0 Å². The van der Waals surface area contributed by atoms with Gasteiger partial charge in [0, 0.05) is 12.6 Å². The molecule has 0 aliphatic carbocycles. The van der Waals surface area contributed by atoms with Gasteiger partial charge >= 0.3 is 5.97 Å². The maximum atomic E-state index is 13.8. The molecule has 0 fully saturated rings. The minimum absolute atomic E-state index is 0.0359. The van der Waals surface area contributed by atoms with Gasteiger partial charge in [-0.3, -0.25) is 4.31 Å². The van der Waals surface area contributed by atoms with Crippen LogP contribution in [0.2, 0.25) is 0 Å². The summed E-state index contributed by atoms with van der Waals surface area (Å²) < 4.78 is 40.8. The maximum absolute atomic E-state index is 13.8. The van der Waals surface area contributed by atoms with E-state index in [9.17, 15) is 13.2 Å². The average Bonchev–Trinajstić information content (AvgIpc) is 3.32. The largest absolute Gasteiger partial charge is 0.487 e. The quantitative estimate of drug-likeness (QED) is 0.231. The highest BCUT2D eigenvalue weighted by Gasteiger charge is 2.31. The molecule has 0 atom stereocenters. The number of carboxylic acids is 1. The van der Waals surface area contributed by atoms with Gasteiger partial charge < -0.3 is 14.3 Å². The van der Waals surface area contributed by atoms with Crippen LogP contribution in [0.1, 0.15) is 36.3 Å². The highest BCUT2D eigenvalue weighted by molar-refractivity contribution is 7.92. The van der Waals surface area contributed by atoms with Gasteiger partial charge in [-0.05, 0) is 77.6 Å². The molecule has 0 aliphatic rings. The van der Waals surface area contributed by atoms with Crippen molar-refractivity contribution in [3.8, 4) is 5.75 Å². The number of furan rings is 1. The van der Waals surface area contributed by atoms with Crippen LogP contribution < -0.4 is 9.04 Å². The molecule has 7 nitrogen and oxygen atoms in total. The number of carboxylic acid groups (broad SMARTS) is 1. The van der Waals surface area contributed by atoms with Crippen molar-refractivity contribution < 1.29 is 27.5 Å². The van der Waals surface area contributed by atoms with E-state index in [-0.39, 0.29) is 24.2 Å². The summed E-state index contributed by atoms with van der Waals surface area (Å²) in [7, 11) is -4.00. The summed E-state index contributed by atoms with van der Waals surface area (Å²) in [6.07, 6.45) is 2.63. The lowest BCUT2D eigenvalue weighted by molar-refractivity contribution is -0.131. The number of benzene rings is 3. The smallest absolute Gasteiger partial charge is 0.328 e. The Balaban J connectivity index is 1.76. The van der Waals surface area contributed by atoms with Gasteiger partial charge in [-0.2, -0.15) is 8.42 Å². The lowest BCUT2D eigenvalue weighted by atomic mass is 10.1. The van der Waals surface area contributed by atoms with Crippen molar-refractivity contribution in [2.45, 2.75) is 39.4 Å². The minimum Gasteiger partial charge on any atom is -0.487 e. The molecule has 0 spiro atoms. The summed E-state index contributed by atoms with van der Waals surface area (Å²) in [4.78, 5) is 10.8. The molecule has 0 radical (unpaired) electrons. The van der Waals surface area contributed by atoms with Gasteiger partial charge in [0.1, 0.15) is 18.1 Å². The normalized spacial score (nSPS) is 11.9. The number of rotatable bonds is 10. The fraction of sp³-hybridized carbons (Fsp3) is 0.233. The van der Waals surface area contributed by atoms with E-state index in [1.807, 2.05) is 75.4 Å². The van der Waals surface area contributed by atoms with E-state index in [0.717, 1.165) is 33.5 Å². The monoisotopic (exact) mass is 533 g/mol. The highest BCUT2D eigenvalue weighted by atomic mass is 32.2. The molecule has 4 rings (SSSR count). The van der Waals surface area contributed by atoms with E-state index in [1.165, 1.54) is 16.4 Å². The Kier molecular flexibility index (Phi) is 7.92. The van der Waals surface area contributed by atoms with E-state index in [1.54, 1.807) is 13.0 Å². The molecule has 0 saturated carbocycles. The van der Waals surface area contributed by atoms with Crippen molar-refractivity contribution in [3.05, 3.63) is 95.3 Å². The van der Waals surface area contributed by atoms with Gasteiger partial charge in [-0.15, -0.1) is 0 Å². The zero-order valence-electron chi connectivity index (χ0n) is 21.8. The highest BCUT2D eigenvalue weighted by Crippen LogP contribution is 2.38. The van der Waals surface area contributed by atoms with Gasteiger partial charge in [-0.1, -0.05) is 56.3 Å². The number of ether oxygens (including phenoxy) is 1. The predicted octanol–water partition coefficient (Wildman–Crippen LogP) is 6.58. The van der Waals surface area contributed by atoms with E-state index in [2.05, 4.69) is 0 Å². The zero-order chi connectivity index (χ0) is 27.4. The van der Waals surface area contributed by atoms with Crippen molar-refractivity contribution in [1.29, 1.82) is 0 Å². The third kappa shape index (κ3) is 6.08. The lowest BCUT2D eigenvalue weighted by Gasteiger charge is -2.27. The average molecular weight is 534 g/mol. The number of fused-ring (bicyclic) bond motifs is 1. The number of hydrogen-bond acceptors (Lipinski definition) is 5. The van der Waals surface area contributed by atoms with Crippen molar-refractivity contribution in [3.63, 3.8) is 0 Å². The first kappa shape index (κ1) is 27.0. The van der Waals surface area contributed by atoms with E-state index >= 15 is 0 Å². The second kappa shape index (κ2) is 11.1. The summed E-state index contributed by atoms with van der Waals surface area (Å²) in [6.45, 7) is 7.99.